The van der Waals surface area contributed by atoms with Crippen molar-refractivity contribution in [1.29, 1.82) is 0 Å². The van der Waals surface area contributed by atoms with Crippen molar-refractivity contribution in [2.45, 2.75) is 37.3 Å². The van der Waals surface area contributed by atoms with Gasteiger partial charge in [-0.2, -0.15) is 22.0 Å². The molecule has 0 aromatic carbocycles. The Bertz CT molecular complexity index is 531. The molecule has 1 N–H and O–H groups in total. The smallest absolute Gasteiger partial charge is 0.449 e. The summed E-state index contributed by atoms with van der Waals surface area (Å²) in [6, 6.07) is 0. The van der Waals surface area contributed by atoms with Crippen LogP contribution in [0.1, 0.15) is 13.8 Å². The van der Waals surface area contributed by atoms with Gasteiger partial charge in [-0.05, 0) is 6.92 Å². The Kier molecular flexibility index (Phi) is 4.79. The number of carbonyl (C=O) groups is 2. The molecule has 2 unspecified atom stereocenters. The number of alkyl halides is 5. The first kappa shape index (κ1) is 19.3. The quantitative estimate of drug-likeness (QED) is 0.469. The highest BCUT2D eigenvalue weighted by molar-refractivity contribution is 5.87. The van der Waals surface area contributed by atoms with E-state index in [0.29, 0.717) is 0 Å². The van der Waals surface area contributed by atoms with Crippen molar-refractivity contribution in [1.82, 2.24) is 0 Å². The summed E-state index contributed by atoms with van der Waals surface area (Å²) in [6.45, 7) is 1.96. The van der Waals surface area contributed by atoms with Crippen LogP contribution in [0.5, 0.6) is 0 Å². The maximum Gasteiger partial charge on any atom is 0.449 e. The molecule has 23 heavy (non-hydrogen) atoms. The fourth-order valence-electron chi connectivity index (χ4n) is 1.71. The van der Waals surface area contributed by atoms with E-state index in [1.165, 1.54) is 0 Å². The van der Waals surface area contributed by atoms with Gasteiger partial charge in [0.15, 0.2) is 0 Å². The van der Waals surface area contributed by atoms with Crippen LogP contribution in [-0.2, 0) is 23.8 Å². The molecule has 0 aromatic heterocycles. The van der Waals surface area contributed by atoms with Crippen molar-refractivity contribution in [3.8, 4) is 0 Å². The van der Waals surface area contributed by atoms with E-state index in [0.717, 1.165) is 13.8 Å². The molecule has 6 nitrogen and oxygen atoms in total. The first-order chi connectivity index (χ1) is 10.2. The SMILES string of the molecule is C=C(C)C(=O)OC1(COC(C)=O)COC(O)(C(F)(F)F)C1(F)F. The van der Waals surface area contributed by atoms with Gasteiger partial charge < -0.3 is 19.3 Å². The molecule has 0 aromatic rings. The third-order valence-corrected chi connectivity index (χ3v) is 3.04. The molecule has 1 aliphatic heterocycles. The molecule has 0 radical (unpaired) electrons. The Balaban J connectivity index is 3.32. The zero-order chi connectivity index (χ0) is 18.3. The van der Waals surface area contributed by atoms with Crippen LogP contribution in [0.4, 0.5) is 22.0 Å². The molecular formula is C12H13F5O6. The third-order valence-electron chi connectivity index (χ3n) is 3.04. The van der Waals surface area contributed by atoms with E-state index in [9.17, 15) is 36.6 Å². The van der Waals surface area contributed by atoms with Crippen LogP contribution in [0, 0.1) is 0 Å². The average molecular weight is 348 g/mol. The third kappa shape index (κ3) is 3.02. The number of esters is 2. The lowest BCUT2D eigenvalue weighted by Gasteiger charge is -2.37. The Morgan fingerprint density at radius 1 is 1.30 bits per heavy atom. The second kappa shape index (κ2) is 5.71. The molecule has 1 heterocycles. The minimum atomic E-state index is -5.90. The first-order valence-corrected chi connectivity index (χ1v) is 6.03. The molecule has 1 saturated heterocycles. The zero-order valence-corrected chi connectivity index (χ0v) is 12.0. The van der Waals surface area contributed by atoms with Gasteiger partial charge >= 0.3 is 29.8 Å². The van der Waals surface area contributed by atoms with E-state index in [2.05, 4.69) is 20.8 Å². The second-order valence-corrected chi connectivity index (χ2v) is 4.95. The van der Waals surface area contributed by atoms with Gasteiger partial charge in [0.1, 0.15) is 13.2 Å². The highest BCUT2D eigenvalue weighted by Crippen LogP contribution is 2.54. The lowest BCUT2D eigenvalue weighted by molar-refractivity contribution is -0.410. The topological polar surface area (TPSA) is 82.1 Å². The monoisotopic (exact) mass is 348 g/mol. The molecular weight excluding hydrogens is 335 g/mol. The number of hydrogen-bond donors (Lipinski definition) is 1. The molecule has 0 aliphatic carbocycles. The maximum atomic E-state index is 14.3. The van der Waals surface area contributed by atoms with Crippen molar-refractivity contribution in [2.75, 3.05) is 13.2 Å². The summed E-state index contributed by atoms with van der Waals surface area (Å²) in [5.74, 6) is -12.6. The van der Waals surface area contributed by atoms with Gasteiger partial charge in [-0.3, -0.25) is 4.79 Å². The molecule has 0 bridgehead atoms. The number of aliphatic hydroxyl groups is 1. The summed E-state index contributed by atoms with van der Waals surface area (Å²) in [7, 11) is 0. The van der Waals surface area contributed by atoms with Crippen molar-refractivity contribution in [3.05, 3.63) is 12.2 Å². The summed E-state index contributed by atoms with van der Waals surface area (Å²) in [6.07, 6.45) is -5.90. The van der Waals surface area contributed by atoms with E-state index in [1.54, 1.807) is 0 Å². The average Bonchev–Trinajstić information content (AvgIpc) is 2.58. The molecule has 1 rings (SSSR count). The standard InChI is InChI=1S/C12H13F5O6/c1-6(2)8(19)23-9(4-21-7(3)18)5-22-11(20,10(9,13)14)12(15,16)17/h20H,1,4-5H2,2-3H3. The summed E-state index contributed by atoms with van der Waals surface area (Å²) in [4.78, 5) is 22.3. The van der Waals surface area contributed by atoms with E-state index >= 15 is 0 Å². The predicted octanol–water partition coefficient (Wildman–Crippen LogP) is 1.32. The van der Waals surface area contributed by atoms with Gasteiger partial charge in [0.2, 0.25) is 5.60 Å². The van der Waals surface area contributed by atoms with Crippen LogP contribution >= 0.6 is 0 Å². The van der Waals surface area contributed by atoms with Crippen molar-refractivity contribution in [2.24, 2.45) is 0 Å². The maximum absolute atomic E-state index is 14.3. The van der Waals surface area contributed by atoms with Crippen LogP contribution in [-0.4, -0.2) is 53.7 Å². The minimum absolute atomic E-state index is 0.398. The largest absolute Gasteiger partial charge is 0.461 e. The van der Waals surface area contributed by atoms with Crippen LogP contribution in [0.2, 0.25) is 0 Å². The van der Waals surface area contributed by atoms with E-state index < -0.39 is 54.2 Å². The van der Waals surface area contributed by atoms with Gasteiger partial charge in [0.05, 0.1) is 0 Å². The van der Waals surface area contributed by atoms with Crippen molar-refractivity contribution >= 4 is 11.9 Å². The number of carbonyl (C=O) groups excluding carboxylic acids is 2. The molecule has 1 fully saturated rings. The molecule has 0 amide bonds. The normalized spacial score (nSPS) is 29.9. The van der Waals surface area contributed by atoms with Crippen LogP contribution < -0.4 is 0 Å². The van der Waals surface area contributed by atoms with Crippen molar-refractivity contribution < 1.29 is 50.9 Å². The molecule has 132 valence electrons. The highest BCUT2D eigenvalue weighted by atomic mass is 19.4. The Labute approximate surface area is 126 Å². The molecule has 2 atom stereocenters. The van der Waals surface area contributed by atoms with Gasteiger partial charge in [0, 0.05) is 12.5 Å². The lowest BCUT2D eigenvalue weighted by atomic mass is 9.93. The van der Waals surface area contributed by atoms with Crippen LogP contribution in [0.25, 0.3) is 0 Å². The van der Waals surface area contributed by atoms with Crippen molar-refractivity contribution in [3.63, 3.8) is 0 Å². The number of hydrogen-bond acceptors (Lipinski definition) is 6. The summed E-state index contributed by atoms with van der Waals surface area (Å²) in [5.41, 5.74) is -3.76. The highest BCUT2D eigenvalue weighted by Gasteiger charge is 2.84. The van der Waals surface area contributed by atoms with Gasteiger partial charge in [-0.25, -0.2) is 4.79 Å². The Hall–Kier alpha value is -1.75. The van der Waals surface area contributed by atoms with Gasteiger partial charge in [-0.15, -0.1) is 0 Å². The molecule has 11 heteroatoms. The molecule has 1 aliphatic rings. The van der Waals surface area contributed by atoms with Gasteiger partial charge in [0.25, 0.3) is 0 Å². The fourth-order valence-corrected chi connectivity index (χ4v) is 1.71. The summed E-state index contributed by atoms with van der Waals surface area (Å²) >= 11 is 0. The lowest BCUT2D eigenvalue weighted by Crippen LogP contribution is -2.65. The molecule has 0 saturated carbocycles. The number of halogens is 5. The predicted molar refractivity (Wildman–Crippen MR) is 62.2 cm³/mol. The number of rotatable bonds is 4. The summed E-state index contributed by atoms with van der Waals surface area (Å²) < 4.78 is 79.3. The Morgan fingerprint density at radius 2 is 1.83 bits per heavy atom. The zero-order valence-electron chi connectivity index (χ0n) is 12.0. The van der Waals surface area contributed by atoms with E-state index in [1.807, 2.05) is 0 Å². The second-order valence-electron chi connectivity index (χ2n) is 4.95. The first-order valence-electron chi connectivity index (χ1n) is 6.03. The van der Waals surface area contributed by atoms with Gasteiger partial charge in [-0.1, -0.05) is 6.58 Å². The van der Waals surface area contributed by atoms with E-state index in [4.69, 9.17) is 0 Å². The Morgan fingerprint density at radius 3 is 2.17 bits per heavy atom. The van der Waals surface area contributed by atoms with Crippen LogP contribution in [0.3, 0.4) is 0 Å². The summed E-state index contributed by atoms with van der Waals surface area (Å²) in [5, 5.41) is 9.26. The number of ether oxygens (including phenoxy) is 3. The minimum Gasteiger partial charge on any atom is -0.461 e. The van der Waals surface area contributed by atoms with Crippen LogP contribution in [0.15, 0.2) is 12.2 Å². The molecule has 0 spiro atoms. The van der Waals surface area contributed by atoms with E-state index in [-0.39, 0.29) is 0 Å². The fraction of sp³-hybridized carbons (Fsp3) is 0.667.